The number of amides is 1. The predicted molar refractivity (Wildman–Crippen MR) is 101 cm³/mol. The molecule has 0 aromatic heterocycles. The van der Waals surface area contributed by atoms with E-state index < -0.39 is 11.6 Å². The number of halogens is 2. The van der Waals surface area contributed by atoms with Crippen LogP contribution in [0.3, 0.4) is 0 Å². The van der Waals surface area contributed by atoms with E-state index >= 15 is 0 Å². The molecule has 144 valence electrons. The van der Waals surface area contributed by atoms with Crippen LogP contribution in [0.25, 0.3) is 0 Å². The van der Waals surface area contributed by atoms with Crippen molar-refractivity contribution in [3.8, 4) is 0 Å². The third-order valence-electron chi connectivity index (χ3n) is 4.48. The summed E-state index contributed by atoms with van der Waals surface area (Å²) in [6.07, 6.45) is 0. The average molecular weight is 393 g/mol. The molecule has 4 nitrogen and oxygen atoms in total. The number of rotatable bonds is 7. The Morgan fingerprint density at radius 1 is 1.15 bits per heavy atom. The fourth-order valence-electron chi connectivity index (χ4n) is 3.06. The van der Waals surface area contributed by atoms with Crippen molar-refractivity contribution < 1.29 is 23.2 Å². The van der Waals surface area contributed by atoms with Crippen molar-refractivity contribution in [2.75, 3.05) is 38.6 Å². The first-order valence-corrected chi connectivity index (χ1v) is 9.94. The SMILES string of the molecule is O=C(CSc1cc(F)ccc1F)N[C@H](C[NH+]1CCOCC1)c1ccccc1. The molecule has 3 rings (SSSR count). The molecular weight excluding hydrogens is 370 g/mol. The highest BCUT2D eigenvalue weighted by Crippen LogP contribution is 2.22. The largest absolute Gasteiger partial charge is 0.370 e. The molecule has 0 spiro atoms. The van der Waals surface area contributed by atoms with Gasteiger partial charge in [-0.3, -0.25) is 4.79 Å². The van der Waals surface area contributed by atoms with Gasteiger partial charge in [0.15, 0.2) is 0 Å². The Kier molecular flexibility index (Phi) is 7.20. The molecule has 2 N–H and O–H groups in total. The Morgan fingerprint density at radius 3 is 2.63 bits per heavy atom. The van der Waals surface area contributed by atoms with Crippen molar-refractivity contribution >= 4 is 17.7 Å². The fourth-order valence-corrected chi connectivity index (χ4v) is 3.83. The summed E-state index contributed by atoms with van der Waals surface area (Å²) in [6.45, 7) is 4.02. The number of ether oxygens (including phenoxy) is 1. The molecule has 2 aromatic carbocycles. The van der Waals surface area contributed by atoms with Gasteiger partial charge in [-0.2, -0.15) is 0 Å². The monoisotopic (exact) mass is 393 g/mol. The Morgan fingerprint density at radius 2 is 1.89 bits per heavy atom. The van der Waals surface area contributed by atoms with Gasteiger partial charge in [-0.15, -0.1) is 11.8 Å². The van der Waals surface area contributed by atoms with Crippen molar-refractivity contribution in [3.63, 3.8) is 0 Å². The van der Waals surface area contributed by atoms with Gasteiger partial charge < -0.3 is 15.0 Å². The van der Waals surface area contributed by atoms with Crippen LogP contribution in [0.1, 0.15) is 11.6 Å². The third kappa shape index (κ3) is 6.02. The maximum atomic E-state index is 13.7. The minimum absolute atomic E-state index is 0.0299. The van der Waals surface area contributed by atoms with Crippen LogP contribution >= 0.6 is 11.8 Å². The summed E-state index contributed by atoms with van der Waals surface area (Å²) in [6, 6.07) is 12.9. The lowest BCUT2D eigenvalue weighted by atomic mass is 10.1. The first kappa shape index (κ1) is 19.8. The van der Waals surface area contributed by atoms with Crippen LogP contribution < -0.4 is 10.2 Å². The topological polar surface area (TPSA) is 42.8 Å². The maximum absolute atomic E-state index is 13.7. The summed E-state index contributed by atoms with van der Waals surface area (Å²) >= 11 is 0.999. The highest BCUT2D eigenvalue weighted by atomic mass is 32.2. The van der Waals surface area contributed by atoms with E-state index in [1.54, 1.807) is 0 Å². The molecule has 0 unspecified atom stereocenters. The molecule has 0 saturated carbocycles. The second-order valence-electron chi connectivity index (χ2n) is 6.46. The molecule has 2 aromatic rings. The number of thioether (sulfide) groups is 1. The molecule has 1 amide bonds. The summed E-state index contributed by atoms with van der Waals surface area (Å²) in [5.41, 5.74) is 1.03. The molecule has 27 heavy (non-hydrogen) atoms. The number of benzene rings is 2. The zero-order chi connectivity index (χ0) is 19.1. The number of hydrogen-bond acceptors (Lipinski definition) is 3. The summed E-state index contributed by atoms with van der Waals surface area (Å²) in [4.78, 5) is 14.0. The van der Waals surface area contributed by atoms with E-state index in [4.69, 9.17) is 4.74 Å². The van der Waals surface area contributed by atoms with Crippen molar-refractivity contribution in [1.82, 2.24) is 5.32 Å². The average Bonchev–Trinajstić information content (AvgIpc) is 2.69. The number of carbonyl (C=O) groups excluding carboxylic acids is 1. The van der Waals surface area contributed by atoms with E-state index in [-0.39, 0.29) is 22.6 Å². The normalized spacial score (nSPS) is 16.1. The fraction of sp³-hybridized carbons (Fsp3) is 0.350. The van der Waals surface area contributed by atoms with Crippen LogP contribution in [0.2, 0.25) is 0 Å². The highest BCUT2D eigenvalue weighted by Gasteiger charge is 2.23. The molecular formula is C20H23F2N2O2S+. The summed E-state index contributed by atoms with van der Waals surface area (Å²) in [7, 11) is 0. The summed E-state index contributed by atoms with van der Waals surface area (Å²) in [5.74, 6) is -1.21. The van der Waals surface area contributed by atoms with Gasteiger partial charge in [0.25, 0.3) is 0 Å². The molecule has 0 radical (unpaired) electrons. The van der Waals surface area contributed by atoms with Crippen LogP contribution in [0.5, 0.6) is 0 Å². The predicted octanol–water partition coefficient (Wildman–Crippen LogP) is 1.83. The van der Waals surface area contributed by atoms with Gasteiger partial charge >= 0.3 is 0 Å². The molecule has 1 aliphatic rings. The third-order valence-corrected chi connectivity index (χ3v) is 5.51. The molecule has 1 heterocycles. The van der Waals surface area contributed by atoms with Crippen molar-refractivity contribution in [2.45, 2.75) is 10.9 Å². The Bertz CT molecular complexity index is 755. The van der Waals surface area contributed by atoms with Gasteiger partial charge in [-0.1, -0.05) is 30.3 Å². The number of hydrogen-bond donors (Lipinski definition) is 2. The van der Waals surface area contributed by atoms with E-state index in [9.17, 15) is 13.6 Å². The molecule has 0 aliphatic carbocycles. The second kappa shape index (κ2) is 9.82. The standard InChI is InChI=1S/C20H22F2N2O2S/c21-16-6-7-17(22)19(12-16)27-14-20(25)23-18(15-4-2-1-3-5-15)13-24-8-10-26-11-9-24/h1-7,12,18H,8-11,13-14H2,(H,23,25)/p+1/t18-/m1/s1. The van der Waals surface area contributed by atoms with Crippen LogP contribution in [0.4, 0.5) is 8.78 Å². The Labute approximate surface area is 161 Å². The van der Waals surface area contributed by atoms with Crippen LogP contribution in [0, 0.1) is 11.6 Å². The lowest BCUT2D eigenvalue weighted by molar-refractivity contribution is -0.909. The quantitative estimate of drug-likeness (QED) is 0.706. The molecule has 0 bridgehead atoms. The van der Waals surface area contributed by atoms with Crippen molar-refractivity contribution in [2.24, 2.45) is 0 Å². The number of carbonyl (C=O) groups is 1. The van der Waals surface area contributed by atoms with Crippen LogP contribution in [-0.4, -0.2) is 44.5 Å². The van der Waals surface area contributed by atoms with Gasteiger partial charge in [-0.25, -0.2) is 8.78 Å². The molecule has 1 fully saturated rings. The second-order valence-corrected chi connectivity index (χ2v) is 7.48. The minimum Gasteiger partial charge on any atom is -0.370 e. The highest BCUT2D eigenvalue weighted by molar-refractivity contribution is 8.00. The summed E-state index contributed by atoms with van der Waals surface area (Å²) < 4.78 is 32.4. The van der Waals surface area contributed by atoms with Crippen molar-refractivity contribution in [3.05, 3.63) is 65.7 Å². The van der Waals surface area contributed by atoms with Crippen LogP contribution in [-0.2, 0) is 9.53 Å². The minimum atomic E-state index is -0.522. The van der Waals surface area contributed by atoms with E-state index in [1.807, 2.05) is 30.3 Å². The van der Waals surface area contributed by atoms with E-state index in [0.717, 1.165) is 68.4 Å². The molecule has 7 heteroatoms. The van der Waals surface area contributed by atoms with Gasteiger partial charge in [0, 0.05) is 4.90 Å². The molecule has 1 atom stereocenters. The molecule has 1 saturated heterocycles. The van der Waals surface area contributed by atoms with Gasteiger partial charge in [0.05, 0.1) is 19.0 Å². The number of quaternary nitrogens is 1. The zero-order valence-corrected chi connectivity index (χ0v) is 15.7. The first-order chi connectivity index (χ1) is 13.1. The number of morpholine rings is 1. The number of nitrogens with one attached hydrogen (secondary N) is 2. The smallest absolute Gasteiger partial charge is 0.231 e. The zero-order valence-electron chi connectivity index (χ0n) is 14.9. The first-order valence-electron chi connectivity index (χ1n) is 8.95. The summed E-state index contributed by atoms with van der Waals surface area (Å²) in [5, 5.41) is 3.05. The Hall–Kier alpha value is -1.96. The Balaban J connectivity index is 1.62. The lowest BCUT2D eigenvalue weighted by Crippen LogP contribution is -3.14. The maximum Gasteiger partial charge on any atom is 0.231 e. The lowest BCUT2D eigenvalue weighted by Gasteiger charge is -2.28. The van der Waals surface area contributed by atoms with E-state index in [1.165, 1.54) is 4.90 Å². The molecule has 1 aliphatic heterocycles. The van der Waals surface area contributed by atoms with E-state index in [0.29, 0.717) is 0 Å². The van der Waals surface area contributed by atoms with Gasteiger partial charge in [0.1, 0.15) is 37.3 Å². The van der Waals surface area contributed by atoms with Crippen molar-refractivity contribution in [1.29, 1.82) is 0 Å². The van der Waals surface area contributed by atoms with E-state index in [2.05, 4.69) is 5.32 Å². The van der Waals surface area contributed by atoms with Crippen LogP contribution in [0.15, 0.2) is 53.4 Å². The van der Waals surface area contributed by atoms with Gasteiger partial charge in [0.2, 0.25) is 5.91 Å². The van der Waals surface area contributed by atoms with Gasteiger partial charge in [-0.05, 0) is 23.8 Å².